The van der Waals surface area contributed by atoms with Gasteiger partial charge < -0.3 is 9.84 Å². The Hall–Kier alpha value is -1.51. The molecule has 1 aromatic carbocycles. The fraction of sp³-hybridized carbons (Fsp3) is 0.611. The standard InChI is InChI=1S/C18H26O3/c1-6-13(8-14-9-15(14)18(19)20)17-10(2)7-16(21-5)11(3)12(17)4/h7,13-15H,6,8-9H2,1-5H3,(H,19,20). The molecule has 0 heterocycles. The van der Waals surface area contributed by atoms with Crippen molar-refractivity contribution in [3.8, 4) is 5.75 Å². The van der Waals surface area contributed by atoms with Crippen LogP contribution in [0.3, 0.4) is 0 Å². The fourth-order valence-electron chi connectivity index (χ4n) is 3.57. The summed E-state index contributed by atoms with van der Waals surface area (Å²) in [5.74, 6) is 1.00. The molecule has 3 heteroatoms. The third kappa shape index (κ3) is 3.07. The van der Waals surface area contributed by atoms with Crippen LogP contribution in [0.25, 0.3) is 0 Å². The highest BCUT2D eigenvalue weighted by Gasteiger charge is 2.44. The molecule has 0 saturated heterocycles. The number of aliphatic carboxylic acids is 1. The highest BCUT2D eigenvalue weighted by atomic mass is 16.5. The largest absolute Gasteiger partial charge is 0.496 e. The van der Waals surface area contributed by atoms with Crippen LogP contribution in [0, 0.1) is 32.6 Å². The van der Waals surface area contributed by atoms with E-state index in [0.29, 0.717) is 11.8 Å². The average molecular weight is 290 g/mol. The molecule has 0 radical (unpaired) electrons. The van der Waals surface area contributed by atoms with Gasteiger partial charge >= 0.3 is 5.97 Å². The second-order valence-electron chi connectivity index (χ2n) is 6.34. The van der Waals surface area contributed by atoms with Crippen molar-refractivity contribution < 1.29 is 14.6 Å². The SMILES string of the molecule is CCC(CC1CC1C(=O)O)c1c(C)cc(OC)c(C)c1C. The van der Waals surface area contributed by atoms with E-state index in [4.69, 9.17) is 9.84 Å². The minimum atomic E-state index is -0.630. The summed E-state index contributed by atoms with van der Waals surface area (Å²) in [5, 5.41) is 9.08. The van der Waals surface area contributed by atoms with Gasteiger partial charge in [0.25, 0.3) is 0 Å². The zero-order chi connectivity index (χ0) is 15.7. The summed E-state index contributed by atoms with van der Waals surface area (Å²) in [6, 6.07) is 2.11. The maximum absolute atomic E-state index is 11.0. The molecule has 1 saturated carbocycles. The molecule has 0 aromatic heterocycles. The lowest BCUT2D eigenvalue weighted by atomic mass is 9.83. The second kappa shape index (κ2) is 6.08. The van der Waals surface area contributed by atoms with Gasteiger partial charge in [-0.1, -0.05) is 6.92 Å². The highest BCUT2D eigenvalue weighted by molar-refractivity contribution is 5.73. The maximum atomic E-state index is 11.0. The Morgan fingerprint density at radius 3 is 2.52 bits per heavy atom. The van der Waals surface area contributed by atoms with Crippen LogP contribution in [0.5, 0.6) is 5.75 Å². The summed E-state index contributed by atoms with van der Waals surface area (Å²) >= 11 is 0. The van der Waals surface area contributed by atoms with Crippen LogP contribution < -0.4 is 4.74 Å². The highest BCUT2D eigenvalue weighted by Crippen LogP contribution is 2.47. The molecule has 3 nitrogen and oxygen atoms in total. The third-order valence-corrected chi connectivity index (χ3v) is 5.06. The van der Waals surface area contributed by atoms with E-state index in [1.807, 2.05) is 0 Å². The van der Waals surface area contributed by atoms with Gasteiger partial charge in [-0.15, -0.1) is 0 Å². The number of methoxy groups -OCH3 is 1. The topological polar surface area (TPSA) is 46.5 Å². The van der Waals surface area contributed by atoms with E-state index >= 15 is 0 Å². The van der Waals surface area contributed by atoms with E-state index in [2.05, 4.69) is 33.8 Å². The molecular formula is C18H26O3. The summed E-state index contributed by atoms with van der Waals surface area (Å²) in [4.78, 5) is 11.0. The van der Waals surface area contributed by atoms with Crippen LogP contribution >= 0.6 is 0 Å². The van der Waals surface area contributed by atoms with Crippen LogP contribution in [0.1, 0.15) is 54.4 Å². The number of hydrogen-bond acceptors (Lipinski definition) is 2. The average Bonchev–Trinajstić information content (AvgIpc) is 3.21. The van der Waals surface area contributed by atoms with Crippen molar-refractivity contribution in [3.05, 3.63) is 28.3 Å². The number of aryl methyl sites for hydroxylation is 1. The van der Waals surface area contributed by atoms with Gasteiger partial charge in [0.15, 0.2) is 0 Å². The third-order valence-electron chi connectivity index (χ3n) is 5.06. The van der Waals surface area contributed by atoms with E-state index in [-0.39, 0.29) is 5.92 Å². The first kappa shape index (κ1) is 15.9. The number of carboxylic acid groups (broad SMARTS) is 1. The monoisotopic (exact) mass is 290 g/mol. The molecule has 3 atom stereocenters. The van der Waals surface area contributed by atoms with Crippen molar-refractivity contribution >= 4 is 5.97 Å². The molecule has 1 fully saturated rings. The molecular weight excluding hydrogens is 264 g/mol. The van der Waals surface area contributed by atoms with Gasteiger partial charge in [-0.05, 0) is 80.2 Å². The number of ether oxygens (including phenoxy) is 1. The van der Waals surface area contributed by atoms with Crippen LogP contribution in [-0.4, -0.2) is 18.2 Å². The minimum Gasteiger partial charge on any atom is -0.496 e. The maximum Gasteiger partial charge on any atom is 0.306 e. The van der Waals surface area contributed by atoms with E-state index in [1.165, 1.54) is 22.3 Å². The second-order valence-corrected chi connectivity index (χ2v) is 6.34. The Balaban J connectivity index is 2.26. The Kier molecular flexibility index (Phi) is 4.60. The fourth-order valence-corrected chi connectivity index (χ4v) is 3.57. The predicted molar refractivity (Wildman–Crippen MR) is 84.1 cm³/mol. The molecule has 0 aliphatic heterocycles. The summed E-state index contributed by atoms with van der Waals surface area (Å²) in [7, 11) is 1.71. The predicted octanol–water partition coefficient (Wildman–Crippen LogP) is 4.22. The smallest absolute Gasteiger partial charge is 0.306 e. The first-order chi connectivity index (χ1) is 9.90. The Labute approximate surface area is 127 Å². The quantitative estimate of drug-likeness (QED) is 0.853. The molecule has 21 heavy (non-hydrogen) atoms. The molecule has 0 amide bonds. The molecule has 1 aromatic rings. The van der Waals surface area contributed by atoms with E-state index in [1.54, 1.807) is 7.11 Å². The van der Waals surface area contributed by atoms with E-state index < -0.39 is 5.97 Å². The molecule has 116 valence electrons. The molecule has 0 spiro atoms. The first-order valence-electron chi connectivity index (χ1n) is 7.78. The van der Waals surface area contributed by atoms with Crippen molar-refractivity contribution in [3.63, 3.8) is 0 Å². The van der Waals surface area contributed by atoms with E-state index in [9.17, 15) is 4.79 Å². The summed E-state index contributed by atoms with van der Waals surface area (Å²) in [6.07, 6.45) is 2.89. The van der Waals surface area contributed by atoms with Crippen molar-refractivity contribution in [2.75, 3.05) is 7.11 Å². The number of hydrogen-bond donors (Lipinski definition) is 1. The van der Waals surface area contributed by atoms with Gasteiger partial charge in [0.05, 0.1) is 13.0 Å². The summed E-state index contributed by atoms with van der Waals surface area (Å²) in [5.41, 5.74) is 5.15. The van der Waals surface area contributed by atoms with Crippen molar-refractivity contribution in [1.82, 2.24) is 0 Å². The minimum absolute atomic E-state index is 0.112. The van der Waals surface area contributed by atoms with Gasteiger partial charge in [-0.2, -0.15) is 0 Å². The zero-order valence-electron chi connectivity index (χ0n) is 13.7. The lowest BCUT2D eigenvalue weighted by Crippen LogP contribution is -2.08. The van der Waals surface area contributed by atoms with Crippen LogP contribution in [0.2, 0.25) is 0 Å². The molecule has 2 rings (SSSR count). The van der Waals surface area contributed by atoms with Crippen molar-refractivity contribution in [1.29, 1.82) is 0 Å². The Morgan fingerprint density at radius 2 is 2.05 bits per heavy atom. The van der Waals surface area contributed by atoms with Crippen molar-refractivity contribution in [2.24, 2.45) is 11.8 Å². The Morgan fingerprint density at radius 1 is 1.38 bits per heavy atom. The van der Waals surface area contributed by atoms with E-state index in [0.717, 1.165) is 25.0 Å². The van der Waals surface area contributed by atoms with Gasteiger partial charge in [0, 0.05) is 0 Å². The van der Waals surface area contributed by atoms with Crippen LogP contribution in [0.4, 0.5) is 0 Å². The number of rotatable bonds is 6. The van der Waals surface area contributed by atoms with Gasteiger partial charge in [-0.3, -0.25) is 4.79 Å². The van der Waals surface area contributed by atoms with Crippen LogP contribution in [-0.2, 0) is 4.79 Å². The molecule has 1 aliphatic rings. The van der Waals surface area contributed by atoms with Gasteiger partial charge in [0.1, 0.15) is 5.75 Å². The normalized spacial score (nSPS) is 22.0. The molecule has 1 aliphatic carbocycles. The first-order valence-corrected chi connectivity index (χ1v) is 7.78. The molecule has 3 unspecified atom stereocenters. The van der Waals surface area contributed by atoms with Gasteiger partial charge in [0.2, 0.25) is 0 Å². The lowest BCUT2D eigenvalue weighted by molar-refractivity contribution is -0.138. The molecule has 0 bridgehead atoms. The lowest BCUT2D eigenvalue weighted by Gasteiger charge is -2.23. The number of carboxylic acids is 1. The number of benzene rings is 1. The number of carbonyl (C=O) groups is 1. The summed E-state index contributed by atoms with van der Waals surface area (Å²) in [6.45, 7) is 8.58. The van der Waals surface area contributed by atoms with Crippen molar-refractivity contribution in [2.45, 2.75) is 52.9 Å². The zero-order valence-corrected chi connectivity index (χ0v) is 13.7. The van der Waals surface area contributed by atoms with Gasteiger partial charge in [-0.25, -0.2) is 0 Å². The molecule has 1 N–H and O–H groups in total. The Bertz CT molecular complexity index is 548. The van der Waals surface area contributed by atoms with Crippen LogP contribution in [0.15, 0.2) is 6.07 Å². The summed E-state index contributed by atoms with van der Waals surface area (Å²) < 4.78 is 5.44.